The zero-order valence-corrected chi connectivity index (χ0v) is 11.1. The molecular weight excluding hydrogens is 266 g/mol. The number of alkyl halides is 2. The summed E-state index contributed by atoms with van der Waals surface area (Å²) in [6.45, 7) is -0.990. The lowest BCUT2D eigenvalue weighted by Gasteiger charge is -2.13. The molecule has 3 nitrogen and oxygen atoms in total. The molecule has 2 aromatic carbocycles. The molecule has 0 atom stereocenters. The lowest BCUT2D eigenvalue weighted by Crippen LogP contribution is -2.02. The molecule has 20 heavy (non-hydrogen) atoms. The van der Waals surface area contributed by atoms with Gasteiger partial charge in [-0.3, -0.25) is 0 Å². The molecule has 0 aromatic heterocycles. The van der Waals surface area contributed by atoms with Gasteiger partial charge in [-0.05, 0) is 30.7 Å². The van der Waals surface area contributed by atoms with Crippen molar-refractivity contribution in [3.8, 4) is 23.0 Å². The summed E-state index contributed by atoms with van der Waals surface area (Å²) in [6.07, 6.45) is 0. The van der Waals surface area contributed by atoms with E-state index < -0.39 is 6.61 Å². The Morgan fingerprint density at radius 1 is 0.950 bits per heavy atom. The van der Waals surface area contributed by atoms with Gasteiger partial charge in [0.25, 0.3) is 0 Å². The third-order valence-electron chi connectivity index (χ3n) is 2.67. The van der Waals surface area contributed by atoms with Crippen molar-refractivity contribution in [1.82, 2.24) is 0 Å². The van der Waals surface area contributed by atoms with Gasteiger partial charge in [0.2, 0.25) is 0 Å². The van der Waals surface area contributed by atoms with Gasteiger partial charge in [-0.1, -0.05) is 18.2 Å². The molecule has 0 fully saturated rings. The monoisotopic (exact) mass is 280 g/mol. The lowest BCUT2D eigenvalue weighted by molar-refractivity contribution is -0.0499. The molecule has 0 aliphatic carbocycles. The van der Waals surface area contributed by atoms with E-state index >= 15 is 0 Å². The van der Waals surface area contributed by atoms with Crippen molar-refractivity contribution >= 4 is 0 Å². The largest absolute Gasteiger partial charge is 0.493 e. The first-order chi connectivity index (χ1) is 9.60. The molecule has 0 aliphatic rings. The van der Waals surface area contributed by atoms with Crippen LogP contribution in [0.15, 0.2) is 42.5 Å². The van der Waals surface area contributed by atoms with Gasteiger partial charge >= 0.3 is 6.61 Å². The second-order valence-corrected chi connectivity index (χ2v) is 4.06. The molecule has 0 saturated heterocycles. The van der Waals surface area contributed by atoms with E-state index in [0.29, 0.717) is 17.2 Å². The Morgan fingerprint density at radius 3 is 2.35 bits per heavy atom. The highest BCUT2D eigenvalue weighted by molar-refractivity contribution is 5.48. The highest BCUT2D eigenvalue weighted by atomic mass is 19.3. The van der Waals surface area contributed by atoms with Crippen molar-refractivity contribution in [2.75, 3.05) is 7.11 Å². The predicted molar refractivity (Wildman–Crippen MR) is 70.9 cm³/mol. The molecule has 0 radical (unpaired) electrons. The maximum atomic E-state index is 12.2. The van der Waals surface area contributed by atoms with Crippen molar-refractivity contribution in [1.29, 1.82) is 0 Å². The molecule has 0 aliphatic heterocycles. The van der Waals surface area contributed by atoms with E-state index in [0.717, 1.165) is 5.56 Å². The minimum Gasteiger partial charge on any atom is -0.493 e. The van der Waals surface area contributed by atoms with Crippen LogP contribution in [0.2, 0.25) is 0 Å². The van der Waals surface area contributed by atoms with Crippen LogP contribution in [0, 0.1) is 6.92 Å². The maximum absolute atomic E-state index is 12.2. The Hall–Kier alpha value is -2.30. The zero-order valence-electron chi connectivity index (χ0n) is 11.1. The summed E-state index contributed by atoms with van der Waals surface area (Å²) in [5.41, 5.74) is 0.926. The standard InChI is InChI=1S/C15H14F2O3/c1-10-5-3-4-6-12(10)20-14-9-11(19-15(16)17)7-8-13(14)18-2/h3-9,15H,1-2H3. The van der Waals surface area contributed by atoms with Crippen molar-refractivity contribution in [3.05, 3.63) is 48.0 Å². The first-order valence-electron chi connectivity index (χ1n) is 5.96. The third kappa shape index (κ3) is 3.38. The van der Waals surface area contributed by atoms with Gasteiger partial charge in [-0.25, -0.2) is 0 Å². The van der Waals surface area contributed by atoms with Crippen LogP contribution in [0.5, 0.6) is 23.0 Å². The normalized spacial score (nSPS) is 10.4. The highest BCUT2D eigenvalue weighted by Gasteiger charge is 2.11. The van der Waals surface area contributed by atoms with Gasteiger partial charge in [0.1, 0.15) is 11.5 Å². The van der Waals surface area contributed by atoms with Crippen LogP contribution in [0.3, 0.4) is 0 Å². The summed E-state index contributed by atoms with van der Waals surface area (Å²) in [6, 6.07) is 11.7. The van der Waals surface area contributed by atoms with Crippen molar-refractivity contribution in [2.45, 2.75) is 13.5 Å². The summed E-state index contributed by atoms with van der Waals surface area (Å²) >= 11 is 0. The molecule has 0 heterocycles. The van der Waals surface area contributed by atoms with E-state index in [4.69, 9.17) is 9.47 Å². The molecule has 0 bridgehead atoms. The van der Waals surface area contributed by atoms with E-state index in [1.165, 1.54) is 25.3 Å². The molecule has 5 heteroatoms. The lowest BCUT2D eigenvalue weighted by atomic mass is 10.2. The van der Waals surface area contributed by atoms with Crippen molar-refractivity contribution in [2.24, 2.45) is 0 Å². The van der Waals surface area contributed by atoms with E-state index in [2.05, 4.69) is 4.74 Å². The van der Waals surface area contributed by atoms with Crippen LogP contribution < -0.4 is 14.2 Å². The first-order valence-corrected chi connectivity index (χ1v) is 5.96. The second kappa shape index (κ2) is 6.23. The number of rotatable bonds is 5. The topological polar surface area (TPSA) is 27.7 Å². The number of aryl methyl sites for hydroxylation is 1. The van der Waals surface area contributed by atoms with Gasteiger partial charge in [0.15, 0.2) is 11.5 Å². The van der Waals surface area contributed by atoms with E-state index in [1.54, 1.807) is 6.07 Å². The average molecular weight is 280 g/mol. The van der Waals surface area contributed by atoms with Gasteiger partial charge < -0.3 is 14.2 Å². The molecule has 2 aromatic rings. The Bertz CT molecular complexity index is 585. The summed E-state index contributed by atoms with van der Waals surface area (Å²) in [5, 5.41) is 0. The fourth-order valence-electron chi connectivity index (χ4n) is 1.70. The van der Waals surface area contributed by atoms with Crippen LogP contribution in [0.1, 0.15) is 5.56 Å². The van der Waals surface area contributed by atoms with Crippen LogP contribution >= 0.6 is 0 Å². The van der Waals surface area contributed by atoms with Crippen LogP contribution in [-0.4, -0.2) is 13.7 Å². The summed E-state index contributed by atoms with van der Waals surface area (Å²) in [7, 11) is 1.48. The molecule has 0 N–H and O–H groups in total. The van der Waals surface area contributed by atoms with Gasteiger partial charge in [-0.2, -0.15) is 8.78 Å². The predicted octanol–water partition coefficient (Wildman–Crippen LogP) is 4.40. The quantitative estimate of drug-likeness (QED) is 0.812. The van der Waals surface area contributed by atoms with Gasteiger partial charge in [0.05, 0.1) is 7.11 Å². The average Bonchev–Trinajstić information content (AvgIpc) is 2.41. The zero-order chi connectivity index (χ0) is 14.5. The third-order valence-corrected chi connectivity index (χ3v) is 2.67. The number of ether oxygens (including phenoxy) is 3. The van der Waals surface area contributed by atoms with Crippen LogP contribution in [0.25, 0.3) is 0 Å². The van der Waals surface area contributed by atoms with Gasteiger partial charge in [0, 0.05) is 6.07 Å². The smallest absolute Gasteiger partial charge is 0.387 e. The van der Waals surface area contributed by atoms with Crippen LogP contribution in [0.4, 0.5) is 8.78 Å². The summed E-state index contributed by atoms with van der Waals surface area (Å²) in [4.78, 5) is 0. The summed E-state index contributed by atoms with van der Waals surface area (Å²) in [5.74, 6) is 1.40. The first kappa shape index (κ1) is 14.1. The van der Waals surface area contributed by atoms with Crippen molar-refractivity contribution in [3.63, 3.8) is 0 Å². The molecule has 2 rings (SSSR count). The minimum atomic E-state index is -2.88. The number of para-hydroxylation sites is 1. The maximum Gasteiger partial charge on any atom is 0.387 e. The molecule has 0 unspecified atom stereocenters. The fraction of sp³-hybridized carbons (Fsp3) is 0.200. The van der Waals surface area contributed by atoms with E-state index in [1.807, 2.05) is 25.1 Å². The van der Waals surface area contributed by atoms with E-state index in [9.17, 15) is 8.78 Å². The van der Waals surface area contributed by atoms with Crippen molar-refractivity contribution < 1.29 is 23.0 Å². The minimum absolute atomic E-state index is 0.0179. The Labute approximate surface area is 115 Å². The Kier molecular flexibility index (Phi) is 4.40. The molecular formula is C15H14F2O3. The molecule has 106 valence electrons. The number of benzene rings is 2. The number of hydrogen-bond donors (Lipinski definition) is 0. The second-order valence-electron chi connectivity index (χ2n) is 4.06. The number of methoxy groups -OCH3 is 1. The van der Waals surface area contributed by atoms with Crippen LogP contribution in [-0.2, 0) is 0 Å². The summed E-state index contributed by atoms with van der Waals surface area (Å²) < 4.78 is 39.7. The number of halogens is 2. The highest BCUT2D eigenvalue weighted by Crippen LogP contribution is 2.36. The molecule has 0 amide bonds. The van der Waals surface area contributed by atoms with Gasteiger partial charge in [-0.15, -0.1) is 0 Å². The Morgan fingerprint density at radius 2 is 1.70 bits per heavy atom. The Balaban J connectivity index is 2.31. The molecule has 0 spiro atoms. The molecule has 0 saturated carbocycles. The SMILES string of the molecule is COc1ccc(OC(F)F)cc1Oc1ccccc1C. The fourth-order valence-corrected chi connectivity index (χ4v) is 1.70. The number of hydrogen-bond acceptors (Lipinski definition) is 3. The van der Waals surface area contributed by atoms with E-state index in [-0.39, 0.29) is 5.75 Å².